The predicted octanol–water partition coefficient (Wildman–Crippen LogP) is 3.94. The number of aliphatic imine (C=N–C) groups is 1. The first kappa shape index (κ1) is 20.5. The molecule has 2 N–H and O–H groups in total. The number of nitrogens with one attached hydrogen (secondary N) is 2. The molecule has 1 atom stereocenters. The molecule has 1 saturated heterocycles. The van der Waals surface area contributed by atoms with Crippen LogP contribution in [-0.2, 0) is 0 Å². The highest BCUT2D eigenvalue weighted by atomic mass is 127. The Morgan fingerprint density at radius 1 is 1.12 bits per heavy atom. The highest BCUT2D eigenvalue weighted by molar-refractivity contribution is 14.0. The van der Waals surface area contributed by atoms with Crippen molar-refractivity contribution in [2.45, 2.75) is 57.5 Å². The normalized spacial score (nSPS) is 20.3. The Labute approximate surface area is 169 Å². The number of halogens is 1. The van der Waals surface area contributed by atoms with Crippen molar-refractivity contribution in [1.29, 1.82) is 0 Å². The first-order valence-electron chi connectivity index (χ1n) is 9.70. The fourth-order valence-electron chi connectivity index (χ4n) is 3.92. The zero-order valence-corrected chi connectivity index (χ0v) is 17.7. The minimum atomic E-state index is 0. The van der Waals surface area contributed by atoms with Gasteiger partial charge in [0, 0.05) is 12.6 Å². The molecule has 140 valence electrons. The Morgan fingerprint density at radius 3 is 2.44 bits per heavy atom. The predicted molar refractivity (Wildman–Crippen MR) is 117 cm³/mol. The molecule has 1 heterocycles. The molecular weight excluding hydrogens is 423 g/mol. The molecule has 1 aliphatic carbocycles. The fraction of sp³-hybridized carbons (Fsp3) is 0.650. The standard InChI is InChI=1S/C20H32N4.HI/c1-2-21-20(23-18-12-6-7-13-18)22-16-19(24-14-8-9-15-24)17-10-4-3-5-11-17;/h3-5,10-11,18-19H,2,6-9,12-16H2,1H3,(H2,21,22,23);1H. The Bertz CT molecular complexity index is 508. The molecule has 1 aromatic carbocycles. The van der Waals surface area contributed by atoms with E-state index in [1.807, 2.05) is 0 Å². The summed E-state index contributed by atoms with van der Waals surface area (Å²) in [6.07, 6.45) is 7.87. The van der Waals surface area contributed by atoms with Crippen LogP contribution < -0.4 is 10.6 Å². The van der Waals surface area contributed by atoms with Crippen LogP contribution in [0.5, 0.6) is 0 Å². The maximum Gasteiger partial charge on any atom is 0.191 e. The number of guanidine groups is 1. The van der Waals surface area contributed by atoms with Crippen LogP contribution in [0.25, 0.3) is 0 Å². The molecule has 0 spiro atoms. The molecule has 0 amide bonds. The van der Waals surface area contributed by atoms with E-state index in [9.17, 15) is 0 Å². The van der Waals surface area contributed by atoms with Crippen molar-refractivity contribution < 1.29 is 0 Å². The lowest BCUT2D eigenvalue weighted by molar-refractivity contribution is 0.251. The summed E-state index contributed by atoms with van der Waals surface area (Å²) in [4.78, 5) is 7.55. The maximum atomic E-state index is 4.95. The molecule has 3 rings (SSSR count). The van der Waals surface area contributed by atoms with Gasteiger partial charge in [-0.3, -0.25) is 9.89 Å². The van der Waals surface area contributed by atoms with E-state index in [-0.39, 0.29) is 24.0 Å². The second kappa shape index (κ2) is 11.0. The first-order valence-corrected chi connectivity index (χ1v) is 9.70. The van der Waals surface area contributed by atoms with Gasteiger partial charge >= 0.3 is 0 Å². The Kier molecular flexibility index (Phi) is 9.03. The van der Waals surface area contributed by atoms with E-state index in [1.54, 1.807) is 0 Å². The molecular formula is C20H33IN4. The largest absolute Gasteiger partial charge is 0.357 e. The lowest BCUT2D eigenvalue weighted by Crippen LogP contribution is -2.43. The van der Waals surface area contributed by atoms with Crippen LogP contribution in [0.1, 0.15) is 57.1 Å². The van der Waals surface area contributed by atoms with Gasteiger partial charge in [-0.1, -0.05) is 43.2 Å². The monoisotopic (exact) mass is 456 g/mol. The third-order valence-corrected chi connectivity index (χ3v) is 5.23. The van der Waals surface area contributed by atoms with Gasteiger partial charge in [0.1, 0.15) is 0 Å². The van der Waals surface area contributed by atoms with E-state index in [2.05, 4.69) is 52.8 Å². The van der Waals surface area contributed by atoms with Gasteiger partial charge in [0.15, 0.2) is 5.96 Å². The van der Waals surface area contributed by atoms with Gasteiger partial charge in [0.05, 0.1) is 12.6 Å². The van der Waals surface area contributed by atoms with Gasteiger partial charge in [-0.2, -0.15) is 0 Å². The first-order chi connectivity index (χ1) is 11.9. The fourth-order valence-corrected chi connectivity index (χ4v) is 3.92. The minimum absolute atomic E-state index is 0. The lowest BCUT2D eigenvalue weighted by atomic mass is 10.1. The molecule has 0 radical (unpaired) electrons. The second-order valence-electron chi connectivity index (χ2n) is 7.01. The average Bonchev–Trinajstić information content (AvgIpc) is 3.30. The Morgan fingerprint density at radius 2 is 1.80 bits per heavy atom. The number of hydrogen-bond donors (Lipinski definition) is 2. The summed E-state index contributed by atoms with van der Waals surface area (Å²) in [6.45, 7) is 6.27. The highest BCUT2D eigenvalue weighted by Gasteiger charge is 2.23. The number of likely N-dealkylation sites (tertiary alicyclic amines) is 1. The van der Waals surface area contributed by atoms with Crippen LogP contribution in [0.2, 0.25) is 0 Å². The average molecular weight is 456 g/mol. The molecule has 2 aliphatic rings. The lowest BCUT2D eigenvalue weighted by Gasteiger charge is -2.27. The van der Waals surface area contributed by atoms with Gasteiger partial charge in [-0.05, 0) is 51.3 Å². The third-order valence-electron chi connectivity index (χ3n) is 5.23. The zero-order valence-electron chi connectivity index (χ0n) is 15.4. The molecule has 2 fully saturated rings. The number of benzene rings is 1. The summed E-state index contributed by atoms with van der Waals surface area (Å²) in [5.41, 5.74) is 1.39. The van der Waals surface area contributed by atoms with Gasteiger partial charge in [0.2, 0.25) is 0 Å². The molecule has 0 bridgehead atoms. The van der Waals surface area contributed by atoms with Crippen molar-refractivity contribution in [2.24, 2.45) is 4.99 Å². The summed E-state index contributed by atoms with van der Waals surface area (Å²) in [7, 11) is 0. The SMILES string of the molecule is CCNC(=NCC(c1ccccc1)N1CCCC1)NC1CCCC1.I. The molecule has 5 heteroatoms. The summed E-state index contributed by atoms with van der Waals surface area (Å²) in [6, 6.07) is 11.9. The second-order valence-corrected chi connectivity index (χ2v) is 7.01. The van der Waals surface area contributed by atoms with Gasteiger partial charge in [-0.25, -0.2) is 0 Å². The van der Waals surface area contributed by atoms with Crippen molar-refractivity contribution in [3.63, 3.8) is 0 Å². The van der Waals surface area contributed by atoms with E-state index < -0.39 is 0 Å². The van der Waals surface area contributed by atoms with Crippen LogP contribution in [0.15, 0.2) is 35.3 Å². The van der Waals surface area contributed by atoms with Crippen molar-refractivity contribution in [3.8, 4) is 0 Å². The zero-order chi connectivity index (χ0) is 16.6. The minimum Gasteiger partial charge on any atom is -0.357 e. The van der Waals surface area contributed by atoms with E-state index in [0.29, 0.717) is 12.1 Å². The summed E-state index contributed by atoms with van der Waals surface area (Å²) >= 11 is 0. The molecule has 1 aliphatic heterocycles. The quantitative estimate of drug-likeness (QED) is 0.387. The Balaban J connectivity index is 0.00000225. The Hall–Kier alpha value is -0.820. The van der Waals surface area contributed by atoms with E-state index in [0.717, 1.165) is 19.0 Å². The smallest absolute Gasteiger partial charge is 0.191 e. The van der Waals surface area contributed by atoms with E-state index in [1.165, 1.54) is 57.2 Å². The van der Waals surface area contributed by atoms with Gasteiger partial charge in [-0.15, -0.1) is 24.0 Å². The summed E-state index contributed by atoms with van der Waals surface area (Å²) in [5, 5.41) is 7.06. The molecule has 1 saturated carbocycles. The number of hydrogen-bond acceptors (Lipinski definition) is 2. The summed E-state index contributed by atoms with van der Waals surface area (Å²) < 4.78 is 0. The van der Waals surface area contributed by atoms with Crippen molar-refractivity contribution in [2.75, 3.05) is 26.2 Å². The van der Waals surface area contributed by atoms with Gasteiger partial charge < -0.3 is 10.6 Å². The van der Waals surface area contributed by atoms with E-state index in [4.69, 9.17) is 4.99 Å². The van der Waals surface area contributed by atoms with Crippen LogP contribution >= 0.6 is 24.0 Å². The topological polar surface area (TPSA) is 39.7 Å². The number of rotatable bonds is 6. The molecule has 4 nitrogen and oxygen atoms in total. The van der Waals surface area contributed by atoms with Crippen LogP contribution in [0.3, 0.4) is 0 Å². The van der Waals surface area contributed by atoms with Gasteiger partial charge in [0.25, 0.3) is 0 Å². The van der Waals surface area contributed by atoms with Crippen molar-refractivity contribution in [1.82, 2.24) is 15.5 Å². The summed E-state index contributed by atoms with van der Waals surface area (Å²) in [5.74, 6) is 0.990. The molecule has 0 aromatic heterocycles. The van der Waals surface area contributed by atoms with Crippen LogP contribution in [0, 0.1) is 0 Å². The number of nitrogens with zero attached hydrogens (tertiary/aromatic N) is 2. The van der Waals surface area contributed by atoms with Crippen LogP contribution in [0.4, 0.5) is 0 Å². The van der Waals surface area contributed by atoms with Crippen molar-refractivity contribution >= 4 is 29.9 Å². The highest BCUT2D eigenvalue weighted by Crippen LogP contribution is 2.25. The maximum absolute atomic E-state index is 4.95. The van der Waals surface area contributed by atoms with Crippen LogP contribution in [-0.4, -0.2) is 43.1 Å². The van der Waals surface area contributed by atoms with Crippen molar-refractivity contribution in [3.05, 3.63) is 35.9 Å². The molecule has 1 aromatic rings. The molecule has 25 heavy (non-hydrogen) atoms. The molecule has 1 unspecified atom stereocenters. The van der Waals surface area contributed by atoms with E-state index >= 15 is 0 Å². The third kappa shape index (κ3) is 6.13.